The maximum Gasteiger partial charge on any atom is 0.513 e. The van der Waals surface area contributed by atoms with E-state index >= 15 is 0 Å². The molecular weight excluding hydrogens is 402 g/mol. The van der Waals surface area contributed by atoms with Gasteiger partial charge in [0.2, 0.25) is 5.69 Å². The third kappa shape index (κ3) is 4.37. The van der Waals surface area contributed by atoms with E-state index in [1.54, 1.807) is 70.0 Å². The highest BCUT2D eigenvalue weighted by Crippen LogP contribution is 2.25. The molecule has 0 saturated heterocycles. The standard InChI is InChI=1S/C18H21BrN3O4/c1-18(2,3)26-17(25)22(14-8-13(19)10-21(5)16(14)24)15-7-6-12(11-23)9-20(15)4/h6-11H,1-5H3/q+1. The second kappa shape index (κ2) is 7.41. The Labute approximate surface area is 159 Å². The second-order valence-electron chi connectivity index (χ2n) is 6.82. The molecule has 0 bridgehead atoms. The first-order valence-electron chi connectivity index (χ1n) is 7.87. The van der Waals surface area contributed by atoms with Crippen LogP contribution in [-0.2, 0) is 18.8 Å². The minimum absolute atomic E-state index is 0.130. The number of ether oxygens (including phenoxy) is 1. The van der Waals surface area contributed by atoms with Crippen molar-refractivity contribution in [2.45, 2.75) is 26.4 Å². The van der Waals surface area contributed by atoms with Crippen molar-refractivity contribution in [1.29, 1.82) is 0 Å². The van der Waals surface area contributed by atoms with Gasteiger partial charge >= 0.3 is 6.09 Å². The van der Waals surface area contributed by atoms with Crippen molar-refractivity contribution in [1.82, 2.24) is 4.57 Å². The number of amides is 1. The molecule has 0 aromatic carbocycles. The smallest absolute Gasteiger partial charge is 0.425 e. The maximum absolute atomic E-state index is 12.9. The van der Waals surface area contributed by atoms with Crippen molar-refractivity contribution in [2.75, 3.05) is 4.90 Å². The number of carbonyl (C=O) groups excluding carboxylic acids is 2. The average molecular weight is 423 g/mol. The van der Waals surface area contributed by atoms with E-state index in [1.165, 1.54) is 9.47 Å². The summed E-state index contributed by atoms with van der Waals surface area (Å²) in [4.78, 5) is 37.8. The molecule has 0 radical (unpaired) electrons. The average Bonchev–Trinajstić information content (AvgIpc) is 2.51. The molecule has 8 heteroatoms. The van der Waals surface area contributed by atoms with Crippen LogP contribution in [0.3, 0.4) is 0 Å². The molecule has 2 rings (SSSR count). The molecular formula is C18H21BrN3O4+. The van der Waals surface area contributed by atoms with Crippen LogP contribution < -0.4 is 15.0 Å². The normalized spacial score (nSPS) is 11.2. The van der Waals surface area contributed by atoms with Gasteiger partial charge in [-0.3, -0.25) is 9.59 Å². The highest BCUT2D eigenvalue weighted by molar-refractivity contribution is 9.10. The van der Waals surface area contributed by atoms with Crippen molar-refractivity contribution in [3.05, 3.63) is 51.0 Å². The van der Waals surface area contributed by atoms with Gasteiger partial charge in [-0.25, -0.2) is 4.57 Å². The van der Waals surface area contributed by atoms with Crippen LogP contribution in [0.25, 0.3) is 0 Å². The molecule has 0 fully saturated rings. The quantitative estimate of drug-likeness (QED) is 0.562. The Morgan fingerprint density at radius 2 is 2.00 bits per heavy atom. The molecule has 2 aromatic heterocycles. The Bertz CT molecular complexity index is 916. The first-order chi connectivity index (χ1) is 12.0. The highest BCUT2D eigenvalue weighted by Gasteiger charge is 2.36. The number of aromatic nitrogens is 2. The van der Waals surface area contributed by atoms with Crippen molar-refractivity contribution in [3.63, 3.8) is 0 Å². The van der Waals surface area contributed by atoms with Crippen molar-refractivity contribution in [2.24, 2.45) is 14.1 Å². The first kappa shape index (κ1) is 19.8. The summed E-state index contributed by atoms with van der Waals surface area (Å²) in [6.07, 6.45) is 3.19. The van der Waals surface area contributed by atoms with Gasteiger partial charge in [0.15, 0.2) is 6.29 Å². The molecule has 0 unspecified atom stereocenters. The number of pyridine rings is 2. The summed E-state index contributed by atoms with van der Waals surface area (Å²) in [6.45, 7) is 5.24. The van der Waals surface area contributed by atoms with Crippen LogP contribution in [0.15, 0.2) is 39.9 Å². The summed E-state index contributed by atoms with van der Waals surface area (Å²) in [7, 11) is 3.28. The van der Waals surface area contributed by atoms with Gasteiger partial charge in [0.05, 0.1) is 12.6 Å². The number of anilines is 2. The molecule has 1 amide bonds. The van der Waals surface area contributed by atoms with Crippen LogP contribution >= 0.6 is 15.9 Å². The lowest BCUT2D eigenvalue weighted by Gasteiger charge is -2.22. The van der Waals surface area contributed by atoms with Crippen molar-refractivity contribution >= 4 is 39.8 Å². The summed E-state index contributed by atoms with van der Waals surface area (Å²) in [6, 6.07) is 4.72. The van der Waals surface area contributed by atoms with E-state index in [9.17, 15) is 14.4 Å². The largest absolute Gasteiger partial charge is 0.513 e. The van der Waals surface area contributed by atoms with Crippen molar-refractivity contribution in [3.8, 4) is 0 Å². The molecule has 0 aliphatic carbocycles. The van der Waals surface area contributed by atoms with Crippen LogP contribution in [-0.4, -0.2) is 22.5 Å². The van der Waals surface area contributed by atoms with E-state index in [-0.39, 0.29) is 11.2 Å². The van der Waals surface area contributed by atoms with Crippen LogP contribution in [0.1, 0.15) is 31.1 Å². The van der Waals surface area contributed by atoms with Crippen LogP contribution in [0, 0.1) is 0 Å². The van der Waals surface area contributed by atoms with E-state index in [1.807, 2.05) is 0 Å². The lowest BCUT2D eigenvalue weighted by molar-refractivity contribution is -0.658. The van der Waals surface area contributed by atoms with E-state index in [4.69, 9.17) is 4.74 Å². The third-order valence-electron chi connectivity index (χ3n) is 3.44. The second-order valence-corrected chi connectivity index (χ2v) is 7.74. The maximum atomic E-state index is 12.9. The predicted molar refractivity (Wildman–Crippen MR) is 101 cm³/mol. The molecule has 2 aromatic rings. The number of nitrogens with zero attached hydrogens (tertiary/aromatic N) is 3. The summed E-state index contributed by atoms with van der Waals surface area (Å²) >= 11 is 3.35. The molecule has 0 N–H and O–H groups in total. The molecule has 7 nitrogen and oxygen atoms in total. The third-order valence-corrected chi connectivity index (χ3v) is 3.88. The van der Waals surface area contributed by atoms with E-state index in [2.05, 4.69) is 15.9 Å². The van der Waals surface area contributed by atoms with E-state index in [0.717, 1.165) is 0 Å². The SMILES string of the molecule is Cn1cc(Br)cc(N(C(=O)OC(C)(C)C)c2ccc(C=O)c[n+]2C)c1=O. The molecule has 0 saturated carbocycles. The number of halogens is 1. The fourth-order valence-corrected chi connectivity index (χ4v) is 2.88. The van der Waals surface area contributed by atoms with Crippen molar-refractivity contribution < 1.29 is 18.9 Å². The van der Waals surface area contributed by atoms with Gasteiger partial charge in [-0.05, 0) is 42.8 Å². The van der Waals surface area contributed by atoms with Gasteiger partial charge in [-0.2, -0.15) is 4.79 Å². The van der Waals surface area contributed by atoms with Crippen LogP contribution in [0.2, 0.25) is 0 Å². The lowest BCUT2D eigenvalue weighted by Crippen LogP contribution is -2.44. The van der Waals surface area contributed by atoms with E-state index < -0.39 is 11.7 Å². The van der Waals surface area contributed by atoms with Crippen LogP contribution in [0.5, 0.6) is 0 Å². The first-order valence-corrected chi connectivity index (χ1v) is 8.67. The van der Waals surface area contributed by atoms with Gasteiger partial charge in [0.25, 0.3) is 11.4 Å². The summed E-state index contributed by atoms with van der Waals surface area (Å²) < 4.78 is 9.09. The molecule has 2 heterocycles. The van der Waals surface area contributed by atoms with Gasteiger partial charge in [0.1, 0.15) is 11.8 Å². The zero-order chi connectivity index (χ0) is 19.6. The van der Waals surface area contributed by atoms with E-state index in [0.29, 0.717) is 22.1 Å². The Morgan fingerprint density at radius 3 is 2.54 bits per heavy atom. The predicted octanol–water partition coefficient (Wildman–Crippen LogP) is 2.86. The minimum Gasteiger partial charge on any atom is -0.425 e. The van der Waals surface area contributed by atoms with Gasteiger partial charge in [-0.1, -0.05) is 0 Å². The Morgan fingerprint density at radius 1 is 1.35 bits per heavy atom. The minimum atomic E-state index is -0.742. The molecule has 138 valence electrons. The summed E-state index contributed by atoms with van der Waals surface area (Å²) in [5.74, 6) is 0.389. The van der Waals surface area contributed by atoms with Crippen LogP contribution in [0.4, 0.5) is 16.3 Å². The van der Waals surface area contributed by atoms with Gasteiger partial charge in [-0.15, -0.1) is 4.90 Å². The topological polar surface area (TPSA) is 72.5 Å². The highest BCUT2D eigenvalue weighted by atomic mass is 79.9. The fourth-order valence-electron chi connectivity index (χ4n) is 2.36. The molecule has 0 atom stereocenters. The van der Waals surface area contributed by atoms with Gasteiger partial charge < -0.3 is 9.30 Å². The Kier molecular flexibility index (Phi) is 5.65. The fraction of sp³-hybridized carbons (Fsp3) is 0.333. The monoisotopic (exact) mass is 422 g/mol. The molecule has 26 heavy (non-hydrogen) atoms. The lowest BCUT2D eigenvalue weighted by atomic mass is 10.2. The number of rotatable bonds is 3. The Hall–Kier alpha value is -2.48. The van der Waals surface area contributed by atoms with Gasteiger partial charge in [0, 0.05) is 29.8 Å². The summed E-state index contributed by atoms with van der Waals surface area (Å²) in [5.41, 5.74) is -0.528. The number of aldehydes is 1. The number of hydrogen-bond donors (Lipinski definition) is 0. The summed E-state index contributed by atoms with van der Waals surface area (Å²) in [5, 5.41) is 0. The zero-order valence-electron chi connectivity index (χ0n) is 15.3. The number of hydrogen-bond acceptors (Lipinski definition) is 4. The molecule has 0 aliphatic rings. The molecule has 0 aliphatic heterocycles. The molecule has 0 spiro atoms. The number of aryl methyl sites for hydroxylation is 2. The number of carbonyl (C=O) groups is 2. The Balaban J connectivity index is 2.70. The zero-order valence-corrected chi connectivity index (χ0v) is 16.9.